The fraction of sp³-hybridized carbons (Fsp3) is 0.200. The quantitative estimate of drug-likeness (QED) is 0.625. The molecule has 140 valence electrons. The van der Waals surface area contributed by atoms with E-state index < -0.39 is 10.8 Å². The lowest BCUT2D eigenvalue weighted by Gasteiger charge is -2.39. The number of para-hydroxylation sites is 2. The van der Waals surface area contributed by atoms with Crippen molar-refractivity contribution in [3.8, 4) is 6.07 Å². The Hall–Kier alpha value is -3.44. The van der Waals surface area contributed by atoms with E-state index in [1.807, 2.05) is 16.8 Å². The van der Waals surface area contributed by atoms with E-state index in [4.69, 9.17) is 5.73 Å². The van der Waals surface area contributed by atoms with Gasteiger partial charge in [-0.25, -0.2) is 0 Å². The Bertz CT molecular complexity index is 1080. The number of nitrogens with two attached hydrogens (primary N) is 1. The van der Waals surface area contributed by atoms with Crippen LogP contribution in [-0.4, -0.2) is 10.7 Å². The third-order valence-electron chi connectivity index (χ3n) is 5.11. The Labute approximate surface area is 165 Å². The van der Waals surface area contributed by atoms with Crippen LogP contribution in [0.1, 0.15) is 30.7 Å². The average Bonchev–Trinajstić information content (AvgIpc) is 3.21. The number of rotatable bonds is 3. The molecule has 0 saturated heterocycles. The molecule has 0 saturated carbocycles. The Balaban J connectivity index is 2.01. The normalized spacial score (nSPS) is 19.5. The van der Waals surface area contributed by atoms with E-state index >= 15 is 0 Å². The minimum atomic E-state index is -0.530. The van der Waals surface area contributed by atoms with Gasteiger partial charge in [0.1, 0.15) is 11.5 Å². The van der Waals surface area contributed by atoms with Crippen molar-refractivity contribution in [2.45, 2.75) is 25.2 Å². The number of allylic oxidation sites excluding steroid dienone is 3. The van der Waals surface area contributed by atoms with Gasteiger partial charge in [-0.1, -0.05) is 12.1 Å². The zero-order valence-electron chi connectivity index (χ0n) is 14.8. The molecule has 4 rings (SSSR count). The van der Waals surface area contributed by atoms with Crippen LogP contribution in [0.5, 0.6) is 0 Å². The molecular weight excluding hydrogens is 376 g/mol. The Morgan fingerprint density at radius 1 is 1.29 bits per heavy atom. The van der Waals surface area contributed by atoms with Crippen LogP contribution < -0.4 is 10.6 Å². The molecule has 7 nitrogen and oxygen atoms in total. The monoisotopic (exact) mass is 392 g/mol. The molecule has 0 spiro atoms. The molecule has 2 aromatic rings. The lowest BCUT2D eigenvalue weighted by Crippen LogP contribution is -2.38. The van der Waals surface area contributed by atoms with Crippen molar-refractivity contribution >= 4 is 28.5 Å². The smallest absolute Gasteiger partial charge is 0.293 e. The van der Waals surface area contributed by atoms with Crippen LogP contribution in [0.3, 0.4) is 0 Å². The Morgan fingerprint density at radius 2 is 2.07 bits per heavy atom. The second kappa shape index (κ2) is 6.94. The average molecular weight is 392 g/mol. The molecule has 0 bridgehead atoms. The van der Waals surface area contributed by atoms with Gasteiger partial charge in [-0.3, -0.25) is 19.8 Å². The molecule has 2 heterocycles. The summed E-state index contributed by atoms with van der Waals surface area (Å²) in [5.74, 6) is -0.430. The maximum atomic E-state index is 12.9. The number of ketones is 1. The Kier molecular flexibility index (Phi) is 4.45. The summed E-state index contributed by atoms with van der Waals surface area (Å²) in [4.78, 5) is 25.5. The summed E-state index contributed by atoms with van der Waals surface area (Å²) in [6, 6.07) is 10.3. The third kappa shape index (κ3) is 2.68. The molecule has 2 N–H and O–H groups in total. The number of nitro groups is 1. The van der Waals surface area contributed by atoms with Crippen molar-refractivity contribution in [3.63, 3.8) is 0 Å². The highest BCUT2D eigenvalue weighted by Gasteiger charge is 2.41. The van der Waals surface area contributed by atoms with Gasteiger partial charge in [0.25, 0.3) is 5.69 Å². The number of anilines is 1. The zero-order valence-corrected chi connectivity index (χ0v) is 15.6. The predicted octanol–water partition coefficient (Wildman–Crippen LogP) is 3.96. The number of hydrogen-bond donors (Lipinski definition) is 1. The van der Waals surface area contributed by atoms with E-state index in [9.17, 15) is 20.2 Å². The number of thiophene rings is 1. The molecular formula is C20H16N4O3S. The van der Waals surface area contributed by atoms with Crippen LogP contribution in [0.2, 0.25) is 0 Å². The van der Waals surface area contributed by atoms with Crippen molar-refractivity contribution in [2.75, 3.05) is 4.90 Å². The SMILES string of the molecule is N#CC1=C(N)N(c2ccccc2[N+](=O)[O-])C2=C(C(=O)CCC2)C1c1ccsc1. The van der Waals surface area contributed by atoms with Gasteiger partial charge in [-0.15, -0.1) is 0 Å². The number of hydrogen-bond acceptors (Lipinski definition) is 7. The summed E-state index contributed by atoms with van der Waals surface area (Å²) in [5.41, 5.74) is 8.80. The first-order chi connectivity index (χ1) is 13.5. The summed E-state index contributed by atoms with van der Waals surface area (Å²) < 4.78 is 0. The van der Waals surface area contributed by atoms with Gasteiger partial charge in [-0.2, -0.15) is 16.6 Å². The van der Waals surface area contributed by atoms with Gasteiger partial charge in [0.2, 0.25) is 0 Å². The molecule has 1 unspecified atom stereocenters. The lowest BCUT2D eigenvalue weighted by molar-refractivity contribution is -0.384. The summed E-state index contributed by atoms with van der Waals surface area (Å²) in [6.45, 7) is 0. The molecule has 0 fully saturated rings. The minimum absolute atomic E-state index is 0.0405. The molecule has 28 heavy (non-hydrogen) atoms. The minimum Gasteiger partial charge on any atom is -0.384 e. The number of nitrogens with zero attached hydrogens (tertiary/aromatic N) is 3. The molecule has 1 aliphatic heterocycles. The van der Waals surface area contributed by atoms with Crippen LogP contribution in [-0.2, 0) is 4.79 Å². The second-order valence-electron chi connectivity index (χ2n) is 6.62. The Morgan fingerprint density at radius 3 is 2.75 bits per heavy atom. The van der Waals surface area contributed by atoms with Crippen LogP contribution >= 0.6 is 11.3 Å². The zero-order chi connectivity index (χ0) is 19.8. The highest BCUT2D eigenvalue weighted by atomic mass is 32.1. The number of nitriles is 1. The van der Waals surface area contributed by atoms with E-state index in [0.29, 0.717) is 30.5 Å². The second-order valence-corrected chi connectivity index (χ2v) is 7.40. The molecule has 1 aromatic carbocycles. The topological polar surface area (TPSA) is 113 Å². The maximum Gasteiger partial charge on any atom is 0.293 e. The lowest BCUT2D eigenvalue weighted by atomic mass is 9.76. The van der Waals surface area contributed by atoms with E-state index in [1.165, 1.54) is 22.3 Å². The molecule has 1 aromatic heterocycles. The fourth-order valence-electron chi connectivity index (χ4n) is 3.94. The van der Waals surface area contributed by atoms with Crippen LogP contribution in [0.25, 0.3) is 0 Å². The van der Waals surface area contributed by atoms with Crippen molar-refractivity contribution in [1.29, 1.82) is 5.26 Å². The summed E-state index contributed by atoms with van der Waals surface area (Å²) >= 11 is 1.48. The number of Topliss-reactive ketones (excluding diaryl/α,β-unsaturated/α-hetero) is 1. The first-order valence-electron chi connectivity index (χ1n) is 8.76. The summed E-state index contributed by atoms with van der Waals surface area (Å²) in [6.07, 6.45) is 1.59. The highest BCUT2D eigenvalue weighted by Crippen LogP contribution is 2.47. The van der Waals surface area contributed by atoms with Crippen molar-refractivity contribution in [1.82, 2.24) is 0 Å². The number of carbonyl (C=O) groups excluding carboxylic acids is 1. The molecule has 2 aliphatic rings. The third-order valence-corrected chi connectivity index (χ3v) is 5.81. The first-order valence-corrected chi connectivity index (χ1v) is 9.70. The van der Waals surface area contributed by atoms with Gasteiger partial charge in [0, 0.05) is 23.8 Å². The summed E-state index contributed by atoms with van der Waals surface area (Å²) in [5, 5.41) is 25.2. The van der Waals surface area contributed by atoms with Gasteiger partial charge < -0.3 is 5.73 Å². The number of nitro benzene ring substituents is 1. The van der Waals surface area contributed by atoms with Crippen LogP contribution in [0.4, 0.5) is 11.4 Å². The van der Waals surface area contributed by atoms with Crippen LogP contribution in [0, 0.1) is 21.4 Å². The predicted molar refractivity (Wildman–Crippen MR) is 105 cm³/mol. The van der Waals surface area contributed by atoms with Crippen LogP contribution in [0.15, 0.2) is 63.8 Å². The van der Waals surface area contributed by atoms with E-state index in [0.717, 1.165) is 5.56 Å². The fourth-order valence-corrected chi connectivity index (χ4v) is 4.63. The van der Waals surface area contributed by atoms with Gasteiger partial charge in [-0.05, 0) is 41.3 Å². The number of carbonyl (C=O) groups is 1. The van der Waals surface area contributed by atoms with Gasteiger partial charge >= 0.3 is 0 Å². The number of benzene rings is 1. The first kappa shape index (κ1) is 17.9. The van der Waals surface area contributed by atoms with Gasteiger partial charge in [0.05, 0.1) is 22.5 Å². The largest absolute Gasteiger partial charge is 0.384 e. The highest BCUT2D eigenvalue weighted by molar-refractivity contribution is 7.08. The van der Waals surface area contributed by atoms with Crippen molar-refractivity contribution < 1.29 is 9.72 Å². The standard InChI is InChI=1S/C20H16N4O3S/c21-10-13-18(12-8-9-28-11-12)19-16(6-3-7-17(19)25)23(20(13)22)14-4-1-2-5-15(14)24(26)27/h1-2,4-5,8-9,11,18H,3,6-7,22H2. The van der Waals surface area contributed by atoms with Crippen molar-refractivity contribution in [3.05, 3.63) is 79.4 Å². The molecule has 1 aliphatic carbocycles. The molecule has 8 heteroatoms. The van der Waals surface area contributed by atoms with E-state index in [1.54, 1.807) is 18.2 Å². The molecule has 0 radical (unpaired) electrons. The molecule has 0 amide bonds. The van der Waals surface area contributed by atoms with E-state index in [2.05, 4.69) is 6.07 Å². The maximum absolute atomic E-state index is 12.9. The molecule has 1 atom stereocenters. The summed E-state index contributed by atoms with van der Waals surface area (Å²) in [7, 11) is 0. The van der Waals surface area contributed by atoms with Crippen molar-refractivity contribution in [2.24, 2.45) is 5.73 Å². The van der Waals surface area contributed by atoms with Gasteiger partial charge in [0.15, 0.2) is 5.78 Å². The van der Waals surface area contributed by atoms with E-state index in [-0.39, 0.29) is 28.6 Å².